The number of hydrogen-bond acceptors (Lipinski definition) is 5. The second-order valence-corrected chi connectivity index (χ2v) is 8.77. The summed E-state index contributed by atoms with van der Waals surface area (Å²) in [6, 6.07) is 18.7. The minimum Gasteiger partial charge on any atom is -0.422 e. The van der Waals surface area contributed by atoms with Gasteiger partial charge in [-0.05, 0) is 54.1 Å². The van der Waals surface area contributed by atoms with Crippen molar-refractivity contribution >= 4 is 74.3 Å². The molecule has 32 heavy (non-hydrogen) atoms. The van der Waals surface area contributed by atoms with Gasteiger partial charge in [-0.25, -0.2) is 10.2 Å². The lowest BCUT2D eigenvalue weighted by molar-refractivity contribution is 0.0739. The van der Waals surface area contributed by atoms with Crippen molar-refractivity contribution in [3.63, 3.8) is 0 Å². The number of ether oxygens (including phenoxy) is 1. The molecule has 0 aliphatic rings. The Morgan fingerprint density at radius 3 is 2.41 bits per heavy atom. The lowest BCUT2D eigenvalue weighted by Gasteiger charge is -2.04. The molecular formula is C23H13Cl3N2O3S. The number of carbonyl (C=O) groups excluding carboxylic acids is 2. The molecule has 0 saturated heterocycles. The lowest BCUT2D eigenvalue weighted by atomic mass is 10.2. The van der Waals surface area contributed by atoms with Gasteiger partial charge in [0.1, 0.15) is 10.6 Å². The zero-order chi connectivity index (χ0) is 22.7. The Bertz CT molecular complexity index is 1350. The standard InChI is InChI=1S/C23H13Cl3N2O3S/c24-17-10-7-14(11-18(17)25)22(29)28-27-12-13-5-8-15(9-6-13)31-23(30)21-20(26)16-3-1-2-4-19(16)32-21/h1-12H,(H,28,29)/b27-12+. The number of fused-ring (bicyclic) bond motifs is 1. The molecule has 4 aromatic rings. The van der Waals surface area contributed by atoms with E-state index in [0.29, 0.717) is 31.8 Å². The summed E-state index contributed by atoms with van der Waals surface area (Å²) in [5, 5.41) is 5.77. The van der Waals surface area contributed by atoms with Crippen LogP contribution in [0.2, 0.25) is 15.1 Å². The van der Waals surface area contributed by atoms with Crippen molar-refractivity contribution in [2.24, 2.45) is 5.10 Å². The molecule has 0 atom stereocenters. The van der Waals surface area contributed by atoms with E-state index >= 15 is 0 Å². The zero-order valence-electron chi connectivity index (χ0n) is 16.1. The highest BCUT2D eigenvalue weighted by atomic mass is 35.5. The van der Waals surface area contributed by atoms with E-state index in [2.05, 4.69) is 10.5 Å². The molecule has 1 aromatic heterocycles. The SMILES string of the molecule is O=C(N/N=C/c1ccc(OC(=O)c2sc3ccccc3c2Cl)cc1)c1ccc(Cl)c(Cl)c1. The quantitative estimate of drug-likeness (QED) is 0.140. The van der Waals surface area contributed by atoms with Gasteiger partial charge in [0.25, 0.3) is 5.91 Å². The fourth-order valence-electron chi connectivity index (χ4n) is 2.79. The smallest absolute Gasteiger partial charge is 0.355 e. The molecular weight excluding hydrogens is 491 g/mol. The molecule has 0 unspecified atom stereocenters. The molecule has 0 bridgehead atoms. The van der Waals surface area contributed by atoms with Gasteiger partial charge in [-0.3, -0.25) is 4.79 Å². The Kier molecular flexibility index (Phi) is 6.77. The number of nitrogens with zero attached hydrogens (tertiary/aromatic N) is 1. The third kappa shape index (κ3) is 4.95. The van der Waals surface area contributed by atoms with Crippen molar-refractivity contribution < 1.29 is 14.3 Å². The average Bonchev–Trinajstić information content (AvgIpc) is 3.13. The van der Waals surface area contributed by atoms with Crippen LogP contribution in [-0.2, 0) is 0 Å². The maximum Gasteiger partial charge on any atom is 0.355 e. The topological polar surface area (TPSA) is 67.8 Å². The summed E-state index contributed by atoms with van der Waals surface area (Å²) in [4.78, 5) is 25.0. The van der Waals surface area contributed by atoms with E-state index in [1.165, 1.54) is 29.7 Å². The number of nitrogens with one attached hydrogen (secondary N) is 1. The largest absolute Gasteiger partial charge is 0.422 e. The van der Waals surface area contributed by atoms with Gasteiger partial charge in [0.15, 0.2) is 0 Å². The number of rotatable bonds is 5. The van der Waals surface area contributed by atoms with Crippen LogP contribution in [0.15, 0.2) is 71.8 Å². The third-order valence-electron chi connectivity index (χ3n) is 4.37. The molecule has 9 heteroatoms. The highest BCUT2D eigenvalue weighted by molar-refractivity contribution is 7.21. The molecule has 5 nitrogen and oxygen atoms in total. The van der Waals surface area contributed by atoms with Crippen molar-refractivity contribution in [1.29, 1.82) is 0 Å². The summed E-state index contributed by atoms with van der Waals surface area (Å²) < 4.78 is 6.35. The molecule has 4 rings (SSSR count). The molecule has 1 N–H and O–H groups in total. The average molecular weight is 504 g/mol. The summed E-state index contributed by atoms with van der Waals surface area (Å²) in [5.74, 6) is -0.586. The zero-order valence-corrected chi connectivity index (χ0v) is 19.2. The predicted molar refractivity (Wildman–Crippen MR) is 130 cm³/mol. The molecule has 1 heterocycles. The summed E-state index contributed by atoms with van der Waals surface area (Å²) in [7, 11) is 0. The summed E-state index contributed by atoms with van der Waals surface area (Å²) >= 11 is 19.4. The molecule has 0 spiro atoms. The van der Waals surface area contributed by atoms with Crippen molar-refractivity contribution in [2.45, 2.75) is 0 Å². The van der Waals surface area contributed by atoms with Crippen LogP contribution in [0.5, 0.6) is 5.75 Å². The normalized spacial score (nSPS) is 11.1. The van der Waals surface area contributed by atoms with E-state index in [9.17, 15) is 9.59 Å². The number of carbonyl (C=O) groups is 2. The molecule has 0 saturated carbocycles. The van der Waals surface area contributed by atoms with Crippen LogP contribution < -0.4 is 10.2 Å². The number of halogens is 3. The Balaban J connectivity index is 1.38. The minimum absolute atomic E-state index is 0.283. The van der Waals surface area contributed by atoms with Crippen LogP contribution >= 0.6 is 46.1 Å². The number of esters is 1. The monoisotopic (exact) mass is 502 g/mol. The highest BCUT2D eigenvalue weighted by Gasteiger charge is 2.18. The summed E-state index contributed by atoms with van der Waals surface area (Å²) in [6.07, 6.45) is 1.46. The first kappa shape index (κ1) is 22.3. The lowest BCUT2D eigenvalue weighted by Crippen LogP contribution is -2.17. The molecule has 0 aliphatic heterocycles. The number of benzene rings is 3. The second kappa shape index (κ2) is 9.71. The van der Waals surface area contributed by atoms with Crippen LogP contribution in [0.1, 0.15) is 25.6 Å². The van der Waals surface area contributed by atoms with E-state index < -0.39 is 11.9 Å². The van der Waals surface area contributed by atoms with E-state index in [1.807, 2.05) is 24.3 Å². The summed E-state index contributed by atoms with van der Waals surface area (Å²) in [5.41, 5.74) is 3.44. The summed E-state index contributed by atoms with van der Waals surface area (Å²) in [6.45, 7) is 0. The third-order valence-corrected chi connectivity index (χ3v) is 6.77. The minimum atomic E-state index is -0.522. The fourth-order valence-corrected chi connectivity index (χ4v) is 4.47. The van der Waals surface area contributed by atoms with Crippen LogP contribution in [0.4, 0.5) is 0 Å². The molecule has 160 valence electrons. The molecule has 3 aromatic carbocycles. The van der Waals surface area contributed by atoms with Gasteiger partial charge < -0.3 is 4.74 Å². The number of thiophene rings is 1. The Morgan fingerprint density at radius 1 is 0.938 bits per heavy atom. The van der Waals surface area contributed by atoms with E-state index in [1.54, 1.807) is 30.3 Å². The van der Waals surface area contributed by atoms with Crippen molar-refractivity contribution in [1.82, 2.24) is 5.43 Å². The van der Waals surface area contributed by atoms with E-state index in [0.717, 1.165) is 10.1 Å². The van der Waals surface area contributed by atoms with Gasteiger partial charge in [-0.15, -0.1) is 11.3 Å². The van der Waals surface area contributed by atoms with Gasteiger partial charge in [0, 0.05) is 15.6 Å². The van der Waals surface area contributed by atoms with Crippen molar-refractivity contribution in [3.8, 4) is 5.75 Å². The first-order valence-electron chi connectivity index (χ1n) is 9.20. The van der Waals surface area contributed by atoms with Crippen LogP contribution in [-0.4, -0.2) is 18.1 Å². The Hall–Kier alpha value is -2.90. The van der Waals surface area contributed by atoms with Gasteiger partial charge in [-0.2, -0.15) is 5.10 Å². The number of hydrogen-bond donors (Lipinski definition) is 1. The van der Waals surface area contributed by atoms with E-state index in [-0.39, 0.29) is 5.02 Å². The van der Waals surface area contributed by atoms with Gasteiger partial charge in [0.05, 0.1) is 21.3 Å². The molecule has 0 aliphatic carbocycles. The predicted octanol–water partition coefficient (Wildman–Crippen LogP) is 6.84. The molecule has 1 amide bonds. The van der Waals surface area contributed by atoms with Crippen molar-refractivity contribution in [3.05, 3.63) is 97.8 Å². The maximum absolute atomic E-state index is 12.5. The van der Waals surface area contributed by atoms with Gasteiger partial charge in [-0.1, -0.05) is 53.0 Å². The van der Waals surface area contributed by atoms with Gasteiger partial charge >= 0.3 is 5.97 Å². The molecule has 0 radical (unpaired) electrons. The number of amides is 1. The highest BCUT2D eigenvalue weighted by Crippen LogP contribution is 2.35. The Labute approximate surface area is 202 Å². The van der Waals surface area contributed by atoms with E-state index in [4.69, 9.17) is 39.5 Å². The first-order valence-corrected chi connectivity index (χ1v) is 11.1. The van der Waals surface area contributed by atoms with Crippen LogP contribution in [0.3, 0.4) is 0 Å². The van der Waals surface area contributed by atoms with Crippen LogP contribution in [0.25, 0.3) is 10.1 Å². The fraction of sp³-hybridized carbons (Fsp3) is 0. The molecule has 0 fully saturated rings. The first-order chi connectivity index (χ1) is 15.4. The Morgan fingerprint density at radius 2 is 1.69 bits per heavy atom. The number of hydrazone groups is 1. The van der Waals surface area contributed by atoms with Crippen molar-refractivity contribution in [2.75, 3.05) is 0 Å². The van der Waals surface area contributed by atoms with Gasteiger partial charge in [0.2, 0.25) is 0 Å². The van der Waals surface area contributed by atoms with Crippen LogP contribution in [0, 0.1) is 0 Å². The maximum atomic E-state index is 12.5. The second-order valence-electron chi connectivity index (χ2n) is 6.53.